The van der Waals surface area contributed by atoms with Crippen molar-refractivity contribution >= 4 is 10.9 Å². The molecule has 0 saturated heterocycles. The van der Waals surface area contributed by atoms with Gasteiger partial charge in [0, 0.05) is 11.5 Å². The molecular weight excluding hydrogens is 194 g/mol. The van der Waals surface area contributed by atoms with Crippen molar-refractivity contribution in [2.75, 3.05) is 14.2 Å². The third-order valence-corrected chi connectivity index (χ3v) is 2.17. The van der Waals surface area contributed by atoms with Gasteiger partial charge in [-0.2, -0.15) is 0 Å². The van der Waals surface area contributed by atoms with Crippen LogP contribution in [-0.4, -0.2) is 24.3 Å². The molecule has 0 fully saturated rings. The zero-order valence-electron chi connectivity index (χ0n) is 8.52. The van der Waals surface area contributed by atoms with Crippen molar-refractivity contribution in [1.82, 2.24) is 4.98 Å². The number of pyridine rings is 1. The fourth-order valence-electron chi connectivity index (χ4n) is 1.44. The first-order valence-corrected chi connectivity index (χ1v) is 4.45. The minimum absolute atomic E-state index is 0.134. The molecule has 1 aromatic carbocycles. The Kier molecular flexibility index (Phi) is 2.33. The Balaban J connectivity index is 2.69. The second-order valence-corrected chi connectivity index (χ2v) is 3.09. The summed E-state index contributed by atoms with van der Waals surface area (Å²) in [6.45, 7) is 0. The molecule has 4 heteroatoms. The largest absolute Gasteiger partial charge is 0.506 e. The van der Waals surface area contributed by atoms with E-state index < -0.39 is 0 Å². The standard InChI is InChI=1S/C11H11NO3/c1-14-10-4-7-3-8(13)6-12-9(7)5-11(10)15-2/h3-6,13H,1-2H3. The maximum absolute atomic E-state index is 9.29. The number of ether oxygens (including phenoxy) is 2. The quantitative estimate of drug-likeness (QED) is 0.814. The first kappa shape index (κ1) is 9.58. The summed E-state index contributed by atoms with van der Waals surface area (Å²) in [5.74, 6) is 1.38. The highest BCUT2D eigenvalue weighted by Crippen LogP contribution is 2.32. The number of methoxy groups -OCH3 is 2. The Morgan fingerprint density at radius 1 is 1.07 bits per heavy atom. The van der Waals surface area contributed by atoms with E-state index in [1.165, 1.54) is 6.20 Å². The predicted octanol–water partition coefficient (Wildman–Crippen LogP) is 1.96. The highest BCUT2D eigenvalue weighted by atomic mass is 16.5. The number of hydrogen-bond acceptors (Lipinski definition) is 4. The van der Waals surface area contributed by atoms with Crippen LogP contribution in [0.5, 0.6) is 17.2 Å². The molecule has 4 nitrogen and oxygen atoms in total. The average molecular weight is 205 g/mol. The van der Waals surface area contributed by atoms with Gasteiger partial charge in [0.25, 0.3) is 0 Å². The van der Waals surface area contributed by atoms with E-state index in [9.17, 15) is 5.11 Å². The van der Waals surface area contributed by atoms with Crippen molar-refractivity contribution < 1.29 is 14.6 Å². The molecule has 2 rings (SSSR count). The lowest BCUT2D eigenvalue weighted by Gasteiger charge is -2.08. The second kappa shape index (κ2) is 3.65. The molecule has 0 aliphatic carbocycles. The fourth-order valence-corrected chi connectivity index (χ4v) is 1.44. The van der Waals surface area contributed by atoms with Crippen molar-refractivity contribution in [2.45, 2.75) is 0 Å². The van der Waals surface area contributed by atoms with E-state index in [4.69, 9.17) is 9.47 Å². The molecule has 1 heterocycles. The van der Waals surface area contributed by atoms with Gasteiger partial charge >= 0.3 is 0 Å². The van der Waals surface area contributed by atoms with Crippen LogP contribution in [0.25, 0.3) is 10.9 Å². The van der Waals surface area contributed by atoms with Gasteiger partial charge in [0.1, 0.15) is 5.75 Å². The summed E-state index contributed by atoms with van der Waals surface area (Å²) in [4.78, 5) is 4.08. The third kappa shape index (κ3) is 1.66. The normalized spacial score (nSPS) is 10.3. The van der Waals surface area contributed by atoms with Gasteiger partial charge < -0.3 is 14.6 Å². The van der Waals surface area contributed by atoms with Gasteiger partial charge in [-0.05, 0) is 12.1 Å². The zero-order valence-corrected chi connectivity index (χ0v) is 8.52. The molecule has 78 valence electrons. The van der Waals surface area contributed by atoms with Crippen LogP contribution in [0.3, 0.4) is 0 Å². The number of hydrogen-bond donors (Lipinski definition) is 1. The van der Waals surface area contributed by atoms with E-state index in [1.807, 2.05) is 0 Å². The third-order valence-electron chi connectivity index (χ3n) is 2.17. The maximum Gasteiger partial charge on any atom is 0.162 e. The molecule has 0 radical (unpaired) electrons. The summed E-state index contributed by atoms with van der Waals surface area (Å²) in [6.07, 6.45) is 1.40. The van der Waals surface area contributed by atoms with Crippen molar-refractivity contribution in [3.63, 3.8) is 0 Å². The van der Waals surface area contributed by atoms with Gasteiger partial charge in [-0.1, -0.05) is 0 Å². The Hall–Kier alpha value is -1.97. The van der Waals surface area contributed by atoms with E-state index in [0.717, 1.165) is 10.9 Å². The first-order valence-electron chi connectivity index (χ1n) is 4.45. The van der Waals surface area contributed by atoms with Gasteiger partial charge in [-0.15, -0.1) is 0 Å². The molecule has 0 aliphatic rings. The minimum Gasteiger partial charge on any atom is -0.506 e. The summed E-state index contributed by atoms with van der Waals surface area (Å²) in [7, 11) is 3.14. The molecular formula is C11H11NO3. The number of nitrogens with zero attached hydrogens (tertiary/aromatic N) is 1. The van der Waals surface area contributed by atoms with Gasteiger partial charge in [0.05, 0.1) is 25.9 Å². The topological polar surface area (TPSA) is 51.6 Å². The molecule has 0 saturated carbocycles. The molecule has 2 aromatic rings. The number of fused-ring (bicyclic) bond motifs is 1. The highest BCUT2D eigenvalue weighted by molar-refractivity contribution is 5.83. The van der Waals surface area contributed by atoms with Crippen LogP contribution in [-0.2, 0) is 0 Å². The number of benzene rings is 1. The Morgan fingerprint density at radius 3 is 2.40 bits per heavy atom. The monoisotopic (exact) mass is 205 g/mol. The molecule has 0 amide bonds. The molecule has 1 aromatic heterocycles. The van der Waals surface area contributed by atoms with Crippen molar-refractivity contribution in [2.24, 2.45) is 0 Å². The fraction of sp³-hybridized carbons (Fsp3) is 0.182. The van der Waals surface area contributed by atoms with Gasteiger partial charge in [-0.3, -0.25) is 4.98 Å². The van der Waals surface area contributed by atoms with E-state index in [0.29, 0.717) is 11.5 Å². The lowest BCUT2D eigenvalue weighted by molar-refractivity contribution is 0.355. The first-order chi connectivity index (χ1) is 7.24. The summed E-state index contributed by atoms with van der Waals surface area (Å²) < 4.78 is 10.3. The molecule has 15 heavy (non-hydrogen) atoms. The zero-order chi connectivity index (χ0) is 10.8. The maximum atomic E-state index is 9.29. The van der Waals surface area contributed by atoms with Crippen LogP contribution in [0, 0.1) is 0 Å². The Morgan fingerprint density at radius 2 is 1.73 bits per heavy atom. The second-order valence-electron chi connectivity index (χ2n) is 3.09. The smallest absolute Gasteiger partial charge is 0.162 e. The van der Waals surface area contributed by atoms with Crippen LogP contribution >= 0.6 is 0 Å². The van der Waals surface area contributed by atoms with E-state index in [1.54, 1.807) is 32.4 Å². The van der Waals surface area contributed by atoms with Crippen molar-refractivity contribution in [3.05, 3.63) is 24.4 Å². The lowest BCUT2D eigenvalue weighted by atomic mass is 10.2. The Bertz CT molecular complexity index is 496. The van der Waals surface area contributed by atoms with Crippen LogP contribution in [0.2, 0.25) is 0 Å². The number of rotatable bonds is 2. The average Bonchev–Trinajstić information content (AvgIpc) is 2.27. The predicted molar refractivity (Wildman–Crippen MR) is 56.5 cm³/mol. The number of aromatic nitrogens is 1. The van der Waals surface area contributed by atoms with E-state index in [2.05, 4.69) is 4.98 Å². The molecule has 0 spiro atoms. The SMILES string of the molecule is COc1cc2cc(O)cnc2cc1OC. The number of aromatic hydroxyl groups is 1. The summed E-state index contributed by atoms with van der Waals surface area (Å²) >= 11 is 0. The van der Waals surface area contributed by atoms with Crippen LogP contribution in [0.4, 0.5) is 0 Å². The van der Waals surface area contributed by atoms with Gasteiger partial charge in [0.15, 0.2) is 11.5 Å². The van der Waals surface area contributed by atoms with Crippen LogP contribution < -0.4 is 9.47 Å². The molecule has 0 aliphatic heterocycles. The van der Waals surface area contributed by atoms with Crippen molar-refractivity contribution in [3.8, 4) is 17.2 Å². The van der Waals surface area contributed by atoms with Crippen LogP contribution in [0.1, 0.15) is 0 Å². The van der Waals surface area contributed by atoms with E-state index in [-0.39, 0.29) is 5.75 Å². The highest BCUT2D eigenvalue weighted by Gasteiger charge is 2.06. The summed E-state index contributed by atoms with van der Waals surface area (Å²) in [5.41, 5.74) is 0.755. The van der Waals surface area contributed by atoms with Crippen LogP contribution in [0.15, 0.2) is 24.4 Å². The summed E-state index contributed by atoms with van der Waals surface area (Å²) in [6, 6.07) is 5.18. The van der Waals surface area contributed by atoms with E-state index >= 15 is 0 Å². The van der Waals surface area contributed by atoms with Crippen molar-refractivity contribution in [1.29, 1.82) is 0 Å². The van der Waals surface area contributed by atoms with Gasteiger partial charge in [-0.25, -0.2) is 0 Å². The molecule has 1 N–H and O–H groups in total. The lowest BCUT2D eigenvalue weighted by Crippen LogP contribution is -1.91. The van der Waals surface area contributed by atoms with Gasteiger partial charge in [0.2, 0.25) is 0 Å². The molecule has 0 bridgehead atoms. The Labute approximate surface area is 87.1 Å². The summed E-state index contributed by atoms with van der Waals surface area (Å²) in [5, 5.41) is 10.1. The minimum atomic E-state index is 0.134. The molecule has 0 unspecified atom stereocenters. The molecule has 0 atom stereocenters.